The van der Waals surface area contributed by atoms with Crippen molar-refractivity contribution in [2.45, 2.75) is 17.5 Å². The Morgan fingerprint density at radius 3 is 3.08 bits per heavy atom. The molecule has 0 aliphatic carbocycles. The van der Waals surface area contributed by atoms with Crippen molar-refractivity contribution in [3.05, 3.63) is 12.2 Å². The fourth-order valence-corrected chi connectivity index (χ4v) is 1.48. The van der Waals surface area contributed by atoms with E-state index in [0.29, 0.717) is 6.61 Å². The van der Waals surface area contributed by atoms with Gasteiger partial charge in [0.15, 0.2) is 6.29 Å². The molecule has 0 spiro atoms. The number of carboxylic acid groups (broad SMARTS) is 1. The second kappa shape index (κ2) is 5.36. The molecule has 74 valence electrons. The van der Waals surface area contributed by atoms with Gasteiger partial charge in [0, 0.05) is 6.08 Å². The molecular weight excluding hydrogens is 240 g/mol. The molecule has 0 bridgehead atoms. The van der Waals surface area contributed by atoms with Crippen LogP contribution in [-0.2, 0) is 14.3 Å². The first-order valence-electron chi connectivity index (χ1n) is 3.97. The number of hydrogen-bond acceptors (Lipinski definition) is 3. The smallest absolute Gasteiger partial charge is 0.328 e. The average Bonchev–Trinajstić information content (AvgIpc) is 2.45. The number of aliphatic carboxylic acids is 1. The van der Waals surface area contributed by atoms with E-state index in [2.05, 4.69) is 15.9 Å². The highest BCUT2D eigenvalue weighted by Crippen LogP contribution is 2.21. The predicted molar refractivity (Wildman–Crippen MR) is 49.8 cm³/mol. The Kier molecular flexibility index (Phi) is 4.41. The van der Waals surface area contributed by atoms with Gasteiger partial charge >= 0.3 is 5.97 Å². The second-order valence-electron chi connectivity index (χ2n) is 2.62. The summed E-state index contributed by atoms with van der Waals surface area (Å²) in [5, 5.41) is 8.27. The summed E-state index contributed by atoms with van der Waals surface area (Å²) < 4.78 is 10.5. The predicted octanol–water partition coefficient (Wildman–Crippen LogP) is 1.15. The van der Waals surface area contributed by atoms with E-state index in [1.165, 1.54) is 6.08 Å². The summed E-state index contributed by atoms with van der Waals surface area (Å²) in [5.74, 6) is -0.966. The van der Waals surface area contributed by atoms with Crippen LogP contribution in [0.15, 0.2) is 12.2 Å². The number of carboxylic acids is 1. The van der Waals surface area contributed by atoms with E-state index in [4.69, 9.17) is 14.6 Å². The van der Waals surface area contributed by atoms with Gasteiger partial charge in [-0.1, -0.05) is 22.0 Å². The number of alkyl halides is 1. The van der Waals surface area contributed by atoms with E-state index in [0.717, 1.165) is 12.5 Å². The lowest BCUT2D eigenvalue weighted by atomic mass is 10.4. The van der Waals surface area contributed by atoms with Crippen molar-refractivity contribution in [3.63, 3.8) is 0 Å². The molecule has 0 aromatic carbocycles. The number of carbonyl (C=O) groups is 1. The minimum absolute atomic E-state index is 0.214. The van der Waals surface area contributed by atoms with Gasteiger partial charge in [-0.3, -0.25) is 0 Å². The van der Waals surface area contributed by atoms with Crippen LogP contribution >= 0.6 is 15.9 Å². The van der Waals surface area contributed by atoms with Gasteiger partial charge in [-0.25, -0.2) is 4.79 Å². The molecule has 5 heteroatoms. The van der Waals surface area contributed by atoms with E-state index in [-0.39, 0.29) is 17.7 Å². The van der Waals surface area contributed by atoms with Crippen molar-refractivity contribution in [2.75, 3.05) is 13.2 Å². The average molecular weight is 251 g/mol. The number of ether oxygens (including phenoxy) is 2. The van der Waals surface area contributed by atoms with Crippen molar-refractivity contribution >= 4 is 21.9 Å². The lowest BCUT2D eigenvalue weighted by Crippen LogP contribution is -2.19. The lowest BCUT2D eigenvalue weighted by Gasteiger charge is -2.12. The molecule has 1 aliphatic heterocycles. The molecular formula is C8H11BrO4. The van der Waals surface area contributed by atoms with Gasteiger partial charge in [0.25, 0.3) is 0 Å². The lowest BCUT2D eigenvalue weighted by molar-refractivity contribution is -0.131. The summed E-state index contributed by atoms with van der Waals surface area (Å²) in [6.45, 7) is 0.947. The van der Waals surface area contributed by atoms with Gasteiger partial charge < -0.3 is 14.6 Å². The third kappa shape index (κ3) is 3.89. The first kappa shape index (κ1) is 10.7. The Bertz CT molecular complexity index is 204. The molecule has 1 N–H and O–H groups in total. The first-order chi connectivity index (χ1) is 6.20. The fourth-order valence-electron chi connectivity index (χ4n) is 0.989. The van der Waals surface area contributed by atoms with Gasteiger partial charge in [0.2, 0.25) is 0 Å². The normalized spacial score (nSPS) is 28.4. The zero-order valence-corrected chi connectivity index (χ0v) is 8.57. The maximum atomic E-state index is 10.1. The highest BCUT2D eigenvalue weighted by atomic mass is 79.9. The van der Waals surface area contributed by atoms with E-state index >= 15 is 0 Å². The summed E-state index contributed by atoms with van der Waals surface area (Å²) in [7, 11) is 0. The Balaban J connectivity index is 2.15. The molecule has 0 radical (unpaired) electrons. The monoisotopic (exact) mass is 250 g/mol. The minimum Gasteiger partial charge on any atom is -0.478 e. The van der Waals surface area contributed by atoms with Gasteiger partial charge in [-0.2, -0.15) is 0 Å². The first-order valence-corrected chi connectivity index (χ1v) is 4.88. The summed E-state index contributed by atoms with van der Waals surface area (Å²) in [6, 6.07) is 0. The number of halogens is 1. The van der Waals surface area contributed by atoms with E-state index in [9.17, 15) is 4.79 Å². The Morgan fingerprint density at radius 1 is 1.77 bits per heavy atom. The third-order valence-corrected chi connectivity index (χ3v) is 2.48. The van der Waals surface area contributed by atoms with Crippen molar-refractivity contribution in [1.29, 1.82) is 0 Å². The van der Waals surface area contributed by atoms with Crippen molar-refractivity contribution < 1.29 is 19.4 Å². The van der Waals surface area contributed by atoms with Gasteiger partial charge in [-0.15, -0.1) is 0 Å². The zero-order valence-electron chi connectivity index (χ0n) is 6.98. The Labute approximate surface area is 84.6 Å². The molecule has 0 saturated carbocycles. The van der Waals surface area contributed by atoms with Crippen LogP contribution in [0.25, 0.3) is 0 Å². The number of hydrogen-bond donors (Lipinski definition) is 1. The molecule has 0 aromatic heterocycles. The van der Waals surface area contributed by atoms with Crippen LogP contribution < -0.4 is 0 Å². The van der Waals surface area contributed by atoms with E-state index in [1.807, 2.05) is 0 Å². The highest BCUT2D eigenvalue weighted by molar-refractivity contribution is 9.09. The van der Waals surface area contributed by atoms with Gasteiger partial charge in [0.05, 0.1) is 18.0 Å². The molecule has 2 atom stereocenters. The van der Waals surface area contributed by atoms with Crippen LogP contribution in [0, 0.1) is 0 Å². The topological polar surface area (TPSA) is 55.8 Å². The van der Waals surface area contributed by atoms with Crippen LogP contribution in [0.4, 0.5) is 0 Å². The molecule has 2 unspecified atom stereocenters. The maximum absolute atomic E-state index is 10.1. The standard InChI is InChI=1S/C8H11BrO4/c9-6-3-5-13-8(6)12-4-1-2-7(10)11/h1-2,6,8H,3-5H2,(H,10,11). The SMILES string of the molecule is O=C(O)C=CCOC1OCCC1Br. The molecule has 0 aromatic rings. The number of rotatable bonds is 4. The Morgan fingerprint density at radius 2 is 2.54 bits per heavy atom. The third-order valence-electron chi connectivity index (χ3n) is 1.59. The van der Waals surface area contributed by atoms with Crippen LogP contribution in [0.1, 0.15) is 6.42 Å². The van der Waals surface area contributed by atoms with Crippen LogP contribution in [0.3, 0.4) is 0 Å². The largest absolute Gasteiger partial charge is 0.478 e. The van der Waals surface area contributed by atoms with Crippen molar-refractivity contribution in [1.82, 2.24) is 0 Å². The minimum atomic E-state index is -0.966. The summed E-state index contributed by atoms with van der Waals surface area (Å²) >= 11 is 3.40. The van der Waals surface area contributed by atoms with Crippen molar-refractivity contribution in [2.24, 2.45) is 0 Å². The molecule has 4 nitrogen and oxygen atoms in total. The molecule has 1 aliphatic rings. The molecule has 13 heavy (non-hydrogen) atoms. The quantitative estimate of drug-likeness (QED) is 0.601. The summed E-state index contributed by atoms with van der Waals surface area (Å²) in [5.41, 5.74) is 0. The van der Waals surface area contributed by atoms with Crippen LogP contribution in [0.2, 0.25) is 0 Å². The molecule has 1 fully saturated rings. The molecule has 1 saturated heterocycles. The summed E-state index contributed by atoms with van der Waals surface area (Å²) in [6.07, 6.45) is 3.17. The summed E-state index contributed by atoms with van der Waals surface area (Å²) in [4.78, 5) is 10.3. The highest BCUT2D eigenvalue weighted by Gasteiger charge is 2.25. The molecule has 1 heterocycles. The van der Waals surface area contributed by atoms with Crippen molar-refractivity contribution in [3.8, 4) is 0 Å². The van der Waals surface area contributed by atoms with Crippen LogP contribution in [0.5, 0.6) is 0 Å². The second-order valence-corrected chi connectivity index (χ2v) is 3.79. The fraction of sp³-hybridized carbons (Fsp3) is 0.625. The van der Waals surface area contributed by atoms with Gasteiger partial charge in [0.1, 0.15) is 0 Å². The maximum Gasteiger partial charge on any atom is 0.328 e. The van der Waals surface area contributed by atoms with E-state index < -0.39 is 5.97 Å². The zero-order chi connectivity index (χ0) is 9.68. The van der Waals surface area contributed by atoms with Gasteiger partial charge in [-0.05, 0) is 6.42 Å². The van der Waals surface area contributed by atoms with E-state index in [1.54, 1.807) is 0 Å². The molecule has 1 rings (SSSR count). The Hall–Kier alpha value is -0.390. The molecule has 0 amide bonds. The van der Waals surface area contributed by atoms with Crippen LogP contribution in [-0.4, -0.2) is 35.4 Å².